The number of hydrogen-bond acceptors (Lipinski definition) is 1. The summed E-state index contributed by atoms with van der Waals surface area (Å²) in [6.45, 7) is 2.13. The van der Waals surface area contributed by atoms with Crippen LogP contribution >= 0.6 is 0 Å². The van der Waals surface area contributed by atoms with Gasteiger partial charge in [0.15, 0.2) is 0 Å². The van der Waals surface area contributed by atoms with E-state index < -0.39 is 5.54 Å². The highest BCUT2D eigenvalue weighted by molar-refractivity contribution is 6.00. The molecule has 0 aromatic heterocycles. The fourth-order valence-electron chi connectivity index (χ4n) is 4.80. The van der Waals surface area contributed by atoms with Gasteiger partial charge in [0.05, 0.1) is 6.04 Å². The lowest BCUT2D eigenvalue weighted by Gasteiger charge is -2.49. The molecule has 0 radical (unpaired) electrons. The Kier molecular flexibility index (Phi) is 3.30. The van der Waals surface area contributed by atoms with Crippen LogP contribution in [0.5, 0.6) is 0 Å². The second-order valence-electron chi connectivity index (χ2n) is 7.40. The normalized spacial score (nSPS) is 27.2. The van der Waals surface area contributed by atoms with E-state index in [9.17, 15) is 4.79 Å². The molecular formula is C24H21NO. The van der Waals surface area contributed by atoms with Gasteiger partial charge in [0.25, 0.3) is 0 Å². The van der Waals surface area contributed by atoms with E-state index in [0.717, 1.165) is 6.42 Å². The largest absolute Gasteiger partial charge is 0.315 e. The Hall–Kier alpha value is -2.87. The summed E-state index contributed by atoms with van der Waals surface area (Å²) in [5.74, 6) is 0.503. The molecule has 1 amide bonds. The van der Waals surface area contributed by atoms with Crippen molar-refractivity contribution in [2.45, 2.75) is 24.9 Å². The van der Waals surface area contributed by atoms with Gasteiger partial charge < -0.3 is 4.90 Å². The standard InChI is InChI=1S/C24H21NO/c1-17(19-8-4-2-5-9-19)25-23(26)16-21-14-18-12-13-24(21,25)22(15-18)20-10-6-3-7-11-20/h2-13,15-18H,14H2,1H3/t17-,18?,24?/m0/s1. The lowest BCUT2D eigenvalue weighted by molar-refractivity contribution is -0.129. The monoisotopic (exact) mass is 339 g/mol. The van der Waals surface area contributed by atoms with Gasteiger partial charge >= 0.3 is 0 Å². The van der Waals surface area contributed by atoms with Crippen LogP contribution < -0.4 is 0 Å². The molecule has 0 N–H and O–H groups in total. The van der Waals surface area contributed by atoms with Gasteiger partial charge in [-0.1, -0.05) is 78.9 Å². The van der Waals surface area contributed by atoms with E-state index in [4.69, 9.17) is 0 Å². The predicted molar refractivity (Wildman–Crippen MR) is 104 cm³/mol. The highest BCUT2D eigenvalue weighted by Crippen LogP contribution is 2.55. The molecule has 2 aromatic carbocycles. The third-order valence-corrected chi connectivity index (χ3v) is 5.99. The van der Waals surface area contributed by atoms with E-state index in [1.54, 1.807) is 0 Å². The molecule has 26 heavy (non-hydrogen) atoms. The molecule has 2 nitrogen and oxygen atoms in total. The van der Waals surface area contributed by atoms with Gasteiger partial charge in [-0.15, -0.1) is 0 Å². The van der Waals surface area contributed by atoms with Crippen LogP contribution in [0.2, 0.25) is 0 Å². The average Bonchev–Trinajstić information content (AvgIpc) is 3.00. The number of carbonyl (C=O) groups excluding carboxylic acids is 1. The second-order valence-corrected chi connectivity index (χ2v) is 7.40. The molecule has 4 aliphatic rings. The number of nitrogens with zero attached hydrogens (tertiary/aromatic N) is 1. The summed E-state index contributed by atoms with van der Waals surface area (Å²) in [6.07, 6.45) is 9.71. The van der Waals surface area contributed by atoms with Crippen molar-refractivity contribution in [2.24, 2.45) is 5.92 Å². The van der Waals surface area contributed by atoms with Crippen molar-refractivity contribution < 1.29 is 4.79 Å². The van der Waals surface area contributed by atoms with Crippen LogP contribution in [0.4, 0.5) is 0 Å². The molecule has 0 fully saturated rings. The van der Waals surface area contributed by atoms with Gasteiger partial charge in [0, 0.05) is 6.08 Å². The Bertz CT molecular complexity index is 954. The van der Waals surface area contributed by atoms with E-state index in [0.29, 0.717) is 5.92 Å². The van der Waals surface area contributed by atoms with Crippen LogP contribution in [0.15, 0.2) is 90.5 Å². The van der Waals surface area contributed by atoms with Crippen LogP contribution in [0, 0.1) is 5.92 Å². The molecule has 1 heterocycles. The molecule has 6 rings (SSSR count). The molecule has 2 heteroatoms. The smallest absolute Gasteiger partial charge is 0.248 e. The number of carbonyl (C=O) groups is 1. The van der Waals surface area contributed by atoms with Crippen LogP contribution in [0.1, 0.15) is 30.5 Å². The zero-order chi connectivity index (χ0) is 17.7. The summed E-state index contributed by atoms with van der Waals surface area (Å²) in [5, 5.41) is 0. The van der Waals surface area contributed by atoms with Gasteiger partial charge in [-0.05, 0) is 41.5 Å². The molecule has 128 valence electrons. The molecule has 0 saturated carbocycles. The molecule has 1 aliphatic heterocycles. The van der Waals surface area contributed by atoms with Crippen LogP contribution in [-0.2, 0) is 4.79 Å². The molecular weight excluding hydrogens is 318 g/mol. The first kappa shape index (κ1) is 15.4. The summed E-state index contributed by atoms with van der Waals surface area (Å²) >= 11 is 0. The molecule has 3 aliphatic carbocycles. The lowest BCUT2D eigenvalue weighted by Crippen LogP contribution is -2.52. The fraction of sp³-hybridized carbons (Fsp3) is 0.208. The average molecular weight is 339 g/mol. The van der Waals surface area contributed by atoms with Crippen molar-refractivity contribution in [1.82, 2.24) is 4.90 Å². The first-order valence-electron chi connectivity index (χ1n) is 9.26. The van der Waals surface area contributed by atoms with Crippen molar-refractivity contribution in [3.05, 3.63) is 102 Å². The zero-order valence-electron chi connectivity index (χ0n) is 14.8. The van der Waals surface area contributed by atoms with Crippen molar-refractivity contribution in [3.8, 4) is 0 Å². The van der Waals surface area contributed by atoms with E-state index in [1.807, 2.05) is 30.3 Å². The summed E-state index contributed by atoms with van der Waals surface area (Å²) in [4.78, 5) is 15.2. The first-order chi connectivity index (χ1) is 12.7. The predicted octanol–water partition coefficient (Wildman–Crippen LogP) is 4.93. The lowest BCUT2D eigenvalue weighted by atomic mass is 9.66. The minimum absolute atomic E-state index is 0.00358. The van der Waals surface area contributed by atoms with E-state index in [2.05, 4.69) is 66.4 Å². The number of benzene rings is 2. The topological polar surface area (TPSA) is 20.3 Å². The minimum Gasteiger partial charge on any atom is -0.315 e. The molecule has 2 bridgehead atoms. The number of rotatable bonds is 3. The first-order valence-corrected chi connectivity index (χ1v) is 9.26. The SMILES string of the molecule is C[C@@H](c1ccccc1)N1C(=O)C=C2CC3C=CC21C(c1ccccc1)=C3. The van der Waals surface area contributed by atoms with Crippen LogP contribution in [-0.4, -0.2) is 16.3 Å². The van der Waals surface area contributed by atoms with Crippen molar-refractivity contribution in [1.29, 1.82) is 0 Å². The Labute approximate surface area is 154 Å². The van der Waals surface area contributed by atoms with E-state index >= 15 is 0 Å². The Morgan fingerprint density at radius 1 is 1.04 bits per heavy atom. The third-order valence-electron chi connectivity index (χ3n) is 5.99. The molecule has 2 unspecified atom stereocenters. The molecule has 1 spiro atoms. The quantitative estimate of drug-likeness (QED) is 0.726. The minimum atomic E-state index is -0.442. The summed E-state index contributed by atoms with van der Waals surface area (Å²) < 4.78 is 0. The summed E-state index contributed by atoms with van der Waals surface area (Å²) in [5.41, 5.74) is 4.41. The van der Waals surface area contributed by atoms with Gasteiger partial charge in [-0.25, -0.2) is 0 Å². The van der Waals surface area contributed by atoms with E-state index in [-0.39, 0.29) is 11.9 Å². The second kappa shape index (κ2) is 5.57. The van der Waals surface area contributed by atoms with Crippen LogP contribution in [0.25, 0.3) is 5.57 Å². The van der Waals surface area contributed by atoms with Gasteiger partial charge in [0.2, 0.25) is 5.91 Å². The fourth-order valence-corrected chi connectivity index (χ4v) is 4.80. The Morgan fingerprint density at radius 3 is 2.46 bits per heavy atom. The zero-order valence-corrected chi connectivity index (χ0v) is 14.8. The van der Waals surface area contributed by atoms with Gasteiger partial charge in [0.1, 0.15) is 5.54 Å². The maximum Gasteiger partial charge on any atom is 0.248 e. The van der Waals surface area contributed by atoms with Crippen LogP contribution in [0.3, 0.4) is 0 Å². The number of allylic oxidation sites excluding steroid dienone is 2. The number of amides is 1. The van der Waals surface area contributed by atoms with Gasteiger partial charge in [-0.2, -0.15) is 0 Å². The molecule has 3 atom stereocenters. The van der Waals surface area contributed by atoms with Crippen molar-refractivity contribution in [3.63, 3.8) is 0 Å². The number of hydrogen-bond donors (Lipinski definition) is 0. The van der Waals surface area contributed by atoms with Crippen molar-refractivity contribution in [2.75, 3.05) is 0 Å². The Balaban J connectivity index is 1.68. The highest BCUT2D eigenvalue weighted by atomic mass is 16.2. The molecule has 0 saturated heterocycles. The third kappa shape index (κ3) is 2.02. The molecule has 2 aromatic rings. The van der Waals surface area contributed by atoms with E-state index in [1.165, 1.54) is 22.3 Å². The maximum atomic E-state index is 13.1. The summed E-state index contributed by atoms with van der Waals surface area (Å²) in [7, 11) is 0. The highest BCUT2D eigenvalue weighted by Gasteiger charge is 2.54. The van der Waals surface area contributed by atoms with Crippen molar-refractivity contribution >= 4 is 11.5 Å². The van der Waals surface area contributed by atoms with Gasteiger partial charge in [-0.3, -0.25) is 4.79 Å². The summed E-state index contributed by atoms with van der Waals surface area (Å²) in [6, 6.07) is 20.8. The Morgan fingerprint density at radius 2 is 1.73 bits per heavy atom. The maximum absolute atomic E-state index is 13.1.